The molecule has 6 nitrogen and oxygen atoms in total. The van der Waals surface area contributed by atoms with Gasteiger partial charge in [-0.15, -0.1) is 65.8 Å². The molecule has 0 N–H and O–H groups in total. The van der Waals surface area contributed by atoms with Crippen LogP contribution in [0.2, 0.25) is 0 Å². The maximum Gasteiger partial charge on any atom is 4.00 e. The second-order valence-electron chi connectivity index (χ2n) is 12.0. The number of nitrogens with zero attached hydrogens (tertiary/aromatic N) is 4. The summed E-state index contributed by atoms with van der Waals surface area (Å²) in [5.41, 5.74) is 6.36. The van der Waals surface area contributed by atoms with Crippen molar-refractivity contribution in [3.05, 3.63) is 195 Å². The maximum atomic E-state index is 6.57. The molecule has 0 unspecified atom stereocenters. The van der Waals surface area contributed by atoms with Crippen molar-refractivity contribution in [1.82, 2.24) is 9.55 Å². The molecule has 55 heavy (non-hydrogen) atoms. The first-order chi connectivity index (χ1) is 26.1. The zero-order valence-corrected chi connectivity index (χ0v) is 33.8. The van der Waals surface area contributed by atoms with Crippen LogP contribution in [0.3, 0.4) is 0 Å². The maximum absolute atomic E-state index is 6.57. The average Bonchev–Trinajstić information content (AvgIpc) is 3.87. The summed E-state index contributed by atoms with van der Waals surface area (Å²) in [7, 11) is 2.06. The van der Waals surface area contributed by atoms with Crippen LogP contribution in [-0.2, 0) is 42.1 Å². The van der Waals surface area contributed by atoms with E-state index in [0.29, 0.717) is 23.0 Å². The molecule has 2 aromatic heterocycles. The minimum Gasteiger partial charge on any atom is -0.669 e. The van der Waals surface area contributed by atoms with Crippen molar-refractivity contribution >= 4 is 27.8 Å². The van der Waals surface area contributed by atoms with E-state index in [9.17, 15) is 0 Å². The van der Waals surface area contributed by atoms with Gasteiger partial charge in [-0.25, -0.2) is 24.2 Å². The van der Waals surface area contributed by atoms with Crippen LogP contribution in [0.25, 0.3) is 33.2 Å². The smallest absolute Gasteiger partial charge is 0.669 e. The van der Waals surface area contributed by atoms with E-state index in [1.165, 1.54) is 10.8 Å². The van der Waals surface area contributed by atoms with E-state index in [4.69, 9.17) is 15.9 Å². The van der Waals surface area contributed by atoms with Gasteiger partial charge in [0, 0.05) is 73.2 Å². The van der Waals surface area contributed by atoms with Gasteiger partial charge < -0.3 is 35.2 Å². The van der Waals surface area contributed by atoms with Gasteiger partial charge in [0.15, 0.2) is 0 Å². The molecular formula is C47H29N4O2Pt2-3. The summed E-state index contributed by atoms with van der Waals surface area (Å²) < 4.78 is 13.8. The Morgan fingerprint density at radius 2 is 1.35 bits per heavy atom. The fourth-order valence-corrected chi connectivity index (χ4v) is 5.99. The number of pyridine rings is 1. The number of para-hydroxylation sites is 1. The van der Waals surface area contributed by atoms with Gasteiger partial charge in [0.25, 0.3) is 0 Å². The molecule has 0 saturated carbocycles. The van der Waals surface area contributed by atoms with E-state index in [2.05, 4.69) is 101 Å². The molecule has 6 aromatic carbocycles. The molecule has 0 fully saturated rings. The predicted molar refractivity (Wildman–Crippen MR) is 208 cm³/mol. The fraction of sp³-hybridized carbons (Fsp3) is 0.0213. The Hall–Kier alpha value is -5.85. The summed E-state index contributed by atoms with van der Waals surface area (Å²) in [6.07, 6.45) is 11.8. The van der Waals surface area contributed by atoms with Crippen LogP contribution in [-0.4, -0.2) is 16.6 Å². The molecule has 3 heterocycles. The molecule has 0 spiro atoms. The van der Waals surface area contributed by atoms with Crippen LogP contribution in [0.4, 0.5) is 17.1 Å². The summed E-state index contributed by atoms with van der Waals surface area (Å²) >= 11 is 0. The summed E-state index contributed by atoms with van der Waals surface area (Å²) in [4.78, 5) is 8.86. The third-order valence-corrected chi connectivity index (χ3v) is 8.46. The van der Waals surface area contributed by atoms with Gasteiger partial charge >= 0.3 is 21.1 Å². The monoisotopic (exact) mass is 1070 g/mol. The Bertz CT molecular complexity index is 2550. The molecular weight excluding hydrogens is 1040 g/mol. The van der Waals surface area contributed by atoms with Gasteiger partial charge in [-0.05, 0) is 30.6 Å². The van der Waals surface area contributed by atoms with E-state index in [1.54, 1.807) is 23.2 Å². The SMILES string of the molecule is CN1[CH-]N(c2[c-]c(Oc3[c-]c(-c4cc(-c5[c-]c(Oc6[c-]cccc6)ccc5)[c-]cn4)ccc3)ccc2)c2c1ccc1ccccc21.[C-]#Cn1cccc1.[Pt+4].[Pt]. The van der Waals surface area contributed by atoms with Crippen molar-refractivity contribution in [3.8, 4) is 51.4 Å². The molecule has 0 amide bonds. The normalized spacial score (nSPS) is 11.3. The molecule has 0 bridgehead atoms. The molecule has 0 saturated heterocycles. The van der Waals surface area contributed by atoms with Gasteiger partial charge in [-0.2, -0.15) is 43.1 Å². The van der Waals surface area contributed by atoms with E-state index >= 15 is 0 Å². The molecule has 0 radical (unpaired) electrons. The van der Waals surface area contributed by atoms with Gasteiger partial charge in [-0.3, -0.25) is 11.1 Å². The number of anilines is 3. The number of hydrogen-bond donors (Lipinski definition) is 0. The van der Waals surface area contributed by atoms with Crippen LogP contribution in [0, 0.1) is 49.5 Å². The summed E-state index contributed by atoms with van der Waals surface area (Å²) in [6.45, 7) is 2.08. The molecule has 0 atom stereocenters. The molecule has 272 valence electrons. The van der Waals surface area contributed by atoms with Crippen molar-refractivity contribution in [2.75, 3.05) is 16.8 Å². The Kier molecular flexibility index (Phi) is 12.7. The zero-order valence-electron chi connectivity index (χ0n) is 29.2. The van der Waals surface area contributed by atoms with E-state index in [1.807, 2.05) is 97.1 Å². The summed E-state index contributed by atoms with van der Waals surface area (Å²) in [5.74, 6) is 2.39. The van der Waals surface area contributed by atoms with E-state index < -0.39 is 0 Å². The summed E-state index contributed by atoms with van der Waals surface area (Å²) in [6, 6.07) is 62.0. The van der Waals surface area contributed by atoms with Crippen molar-refractivity contribution in [3.63, 3.8) is 0 Å². The van der Waals surface area contributed by atoms with Crippen LogP contribution < -0.4 is 19.3 Å². The minimum absolute atomic E-state index is 0. The predicted octanol–water partition coefficient (Wildman–Crippen LogP) is 10.7. The van der Waals surface area contributed by atoms with Crippen LogP contribution >= 0.6 is 0 Å². The Balaban J connectivity index is 0.000000517. The number of fused-ring (bicyclic) bond motifs is 3. The number of hydrogen-bond acceptors (Lipinski definition) is 5. The number of aromatic nitrogens is 2. The third kappa shape index (κ3) is 8.93. The topological polar surface area (TPSA) is 42.8 Å². The Morgan fingerprint density at radius 1 is 0.673 bits per heavy atom. The van der Waals surface area contributed by atoms with Gasteiger partial charge in [0.05, 0.1) is 0 Å². The zero-order chi connectivity index (χ0) is 36.0. The first-order valence-electron chi connectivity index (χ1n) is 16.8. The summed E-state index contributed by atoms with van der Waals surface area (Å²) in [5, 5.41) is 2.37. The van der Waals surface area contributed by atoms with Gasteiger partial charge in [0.2, 0.25) is 0 Å². The first kappa shape index (κ1) is 38.9. The van der Waals surface area contributed by atoms with Crippen LogP contribution in [0.5, 0.6) is 23.0 Å². The first-order valence-corrected chi connectivity index (χ1v) is 16.8. The third-order valence-electron chi connectivity index (χ3n) is 8.46. The van der Waals surface area contributed by atoms with E-state index in [-0.39, 0.29) is 42.1 Å². The van der Waals surface area contributed by atoms with Gasteiger partial charge in [-0.1, -0.05) is 48.3 Å². The molecule has 1 aliphatic rings. The quantitative estimate of drug-likeness (QED) is 0.118. The second kappa shape index (κ2) is 18.0. The van der Waals surface area contributed by atoms with Crippen molar-refractivity contribution in [2.45, 2.75) is 0 Å². The molecule has 1 aliphatic heterocycles. The largest absolute Gasteiger partial charge is 4.00 e. The number of benzene rings is 6. The molecule has 8 aromatic rings. The molecule has 8 heteroatoms. The van der Waals surface area contributed by atoms with Crippen molar-refractivity contribution in [2.24, 2.45) is 0 Å². The van der Waals surface area contributed by atoms with Crippen molar-refractivity contribution in [1.29, 1.82) is 0 Å². The molecule has 9 rings (SSSR count). The number of ether oxygens (including phenoxy) is 2. The minimum atomic E-state index is 0. The second-order valence-corrected chi connectivity index (χ2v) is 12.0. The Labute approximate surface area is 350 Å². The standard InChI is InChI=1S/C41H25N3O2.C6H4N.2Pt/c1-43-28-44(41-38-19-6-5-10-29(38)20-21-40(41)43)33-13-9-18-37(27-33)46-36-17-8-12-32(25-36)39-26-31(22-23-42-39)30-11-7-16-35(24-30)45-34-14-3-2-4-15-34;1-2-7-5-3-4-6-7;;/h2-14,16-21,23,26,28H,1H3;3-6H;;/q-6;-1;;+4. The number of rotatable bonds is 7. The molecule has 0 aliphatic carbocycles. The van der Waals surface area contributed by atoms with Crippen LogP contribution in [0.1, 0.15) is 0 Å². The van der Waals surface area contributed by atoms with Gasteiger partial charge in [0.1, 0.15) is 0 Å². The van der Waals surface area contributed by atoms with E-state index in [0.717, 1.165) is 39.4 Å². The fourth-order valence-electron chi connectivity index (χ4n) is 5.99. The van der Waals surface area contributed by atoms with Crippen LogP contribution in [0.15, 0.2) is 152 Å². The van der Waals surface area contributed by atoms with Crippen molar-refractivity contribution < 1.29 is 51.6 Å². The average molecular weight is 1070 g/mol. The Morgan fingerprint density at radius 3 is 2.09 bits per heavy atom.